The molecule has 1 aliphatic rings. The first-order valence-corrected chi connectivity index (χ1v) is 8.13. The average molecular weight is 266 g/mol. The van der Waals surface area contributed by atoms with E-state index in [0.717, 1.165) is 19.6 Å². The molecule has 1 atom stereocenters. The Bertz CT molecular complexity index is 275. The van der Waals surface area contributed by atoms with Crippen molar-refractivity contribution in [2.45, 2.75) is 66.3 Å². The Hall–Kier alpha value is -0.340. The molecule has 0 aromatic heterocycles. The maximum Gasteiger partial charge on any atom is 0.0223 e. The summed E-state index contributed by atoms with van der Waals surface area (Å²) in [6.45, 7) is 16.2. The lowest BCUT2D eigenvalue weighted by Crippen LogP contribution is -2.45. The summed E-state index contributed by atoms with van der Waals surface area (Å²) in [6, 6.07) is 0.717. The molecule has 19 heavy (non-hydrogen) atoms. The van der Waals surface area contributed by atoms with Gasteiger partial charge in [0.05, 0.1) is 0 Å². The third kappa shape index (κ3) is 5.66. The van der Waals surface area contributed by atoms with E-state index < -0.39 is 0 Å². The molecule has 112 valence electrons. The van der Waals surface area contributed by atoms with Crippen molar-refractivity contribution in [1.82, 2.24) is 10.2 Å². The molecule has 2 nitrogen and oxygen atoms in total. The van der Waals surface area contributed by atoms with Crippen molar-refractivity contribution in [1.29, 1.82) is 0 Å². The molecule has 2 heteroatoms. The summed E-state index contributed by atoms with van der Waals surface area (Å²) in [5.74, 6) is 0. The van der Waals surface area contributed by atoms with E-state index in [4.69, 9.17) is 0 Å². The van der Waals surface area contributed by atoms with Gasteiger partial charge < -0.3 is 5.32 Å². The average Bonchev–Trinajstić information content (AvgIpc) is 2.37. The van der Waals surface area contributed by atoms with Gasteiger partial charge in [0.1, 0.15) is 0 Å². The van der Waals surface area contributed by atoms with E-state index in [1.54, 1.807) is 5.57 Å². The molecule has 1 heterocycles. The molecule has 0 saturated carbocycles. The summed E-state index contributed by atoms with van der Waals surface area (Å²) in [5, 5.41) is 3.60. The topological polar surface area (TPSA) is 15.3 Å². The molecule has 0 fully saturated rings. The molecule has 1 rings (SSSR count). The summed E-state index contributed by atoms with van der Waals surface area (Å²) in [7, 11) is 0. The number of nitrogens with one attached hydrogen (secondary N) is 1. The van der Waals surface area contributed by atoms with Crippen molar-refractivity contribution in [3.63, 3.8) is 0 Å². The summed E-state index contributed by atoms with van der Waals surface area (Å²) in [5.41, 5.74) is 1.99. The van der Waals surface area contributed by atoms with Gasteiger partial charge in [0.25, 0.3) is 0 Å². The summed E-state index contributed by atoms with van der Waals surface area (Å²) in [6.07, 6.45) is 7.55. The van der Waals surface area contributed by atoms with Gasteiger partial charge in [-0.1, -0.05) is 52.7 Å². The van der Waals surface area contributed by atoms with Crippen molar-refractivity contribution in [2.75, 3.05) is 26.2 Å². The first-order chi connectivity index (χ1) is 8.99. The van der Waals surface area contributed by atoms with Gasteiger partial charge >= 0.3 is 0 Å². The largest absolute Gasteiger partial charge is 0.315 e. The zero-order chi connectivity index (χ0) is 14.3. The lowest BCUT2D eigenvalue weighted by atomic mass is 9.82. The number of hydrogen-bond acceptors (Lipinski definition) is 2. The van der Waals surface area contributed by atoms with Crippen LogP contribution in [0.15, 0.2) is 11.6 Å². The Morgan fingerprint density at radius 3 is 2.47 bits per heavy atom. The third-order valence-electron chi connectivity index (χ3n) is 4.15. The molecule has 0 bridgehead atoms. The third-order valence-corrected chi connectivity index (χ3v) is 4.15. The number of nitrogens with zero attached hydrogens (tertiary/aromatic N) is 1. The van der Waals surface area contributed by atoms with Crippen LogP contribution in [0.1, 0.15) is 60.3 Å². The molecule has 0 aromatic rings. The molecule has 0 amide bonds. The summed E-state index contributed by atoms with van der Waals surface area (Å²) >= 11 is 0. The van der Waals surface area contributed by atoms with Crippen LogP contribution in [-0.2, 0) is 0 Å². The maximum absolute atomic E-state index is 3.60. The van der Waals surface area contributed by atoms with Crippen molar-refractivity contribution in [2.24, 2.45) is 5.41 Å². The quantitative estimate of drug-likeness (QED) is 0.556. The van der Waals surface area contributed by atoms with Crippen LogP contribution in [0, 0.1) is 5.41 Å². The highest BCUT2D eigenvalue weighted by Gasteiger charge is 2.24. The summed E-state index contributed by atoms with van der Waals surface area (Å²) in [4.78, 5) is 2.67. The smallest absolute Gasteiger partial charge is 0.0223 e. The molecule has 0 aromatic carbocycles. The van der Waals surface area contributed by atoms with Crippen LogP contribution in [-0.4, -0.2) is 37.1 Å². The fraction of sp³-hybridized carbons (Fsp3) is 0.882. The van der Waals surface area contributed by atoms with Crippen molar-refractivity contribution >= 4 is 0 Å². The zero-order valence-corrected chi connectivity index (χ0v) is 13.8. The first kappa shape index (κ1) is 16.7. The van der Waals surface area contributed by atoms with E-state index >= 15 is 0 Å². The van der Waals surface area contributed by atoms with Gasteiger partial charge in [-0.2, -0.15) is 0 Å². The van der Waals surface area contributed by atoms with Crippen molar-refractivity contribution < 1.29 is 0 Å². The molecular formula is C17H34N2. The highest BCUT2D eigenvalue weighted by atomic mass is 15.2. The maximum atomic E-state index is 3.60. The van der Waals surface area contributed by atoms with Crippen LogP contribution >= 0.6 is 0 Å². The number of hydrogen-bond donors (Lipinski definition) is 1. The highest BCUT2D eigenvalue weighted by Crippen LogP contribution is 2.30. The van der Waals surface area contributed by atoms with Gasteiger partial charge in [-0.3, -0.25) is 4.90 Å². The van der Waals surface area contributed by atoms with Crippen LogP contribution in [0.25, 0.3) is 0 Å². The minimum Gasteiger partial charge on any atom is -0.315 e. The van der Waals surface area contributed by atoms with E-state index in [2.05, 4.69) is 50.9 Å². The van der Waals surface area contributed by atoms with Crippen LogP contribution in [0.5, 0.6) is 0 Å². The van der Waals surface area contributed by atoms with Crippen LogP contribution in [0.2, 0.25) is 0 Å². The Balaban J connectivity index is 2.51. The lowest BCUT2D eigenvalue weighted by Gasteiger charge is -2.37. The van der Waals surface area contributed by atoms with Crippen molar-refractivity contribution in [3.05, 3.63) is 11.6 Å². The molecule has 0 saturated heterocycles. The predicted octanol–water partition coefficient (Wildman–Crippen LogP) is 3.83. The standard InChI is InChI=1S/C17H34N2/c1-6-8-16(14-18-11-7-2)19-12-9-15(10-13-19)17(3,4)5/h9,16,18H,6-8,10-14H2,1-5H3. The van der Waals surface area contributed by atoms with Gasteiger partial charge in [-0.25, -0.2) is 0 Å². The Morgan fingerprint density at radius 2 is 2.00 bits per heavy atom. The van der Waals surface area contributed by atoms with Crippen LogP contribution in [0.4, 0.5) is 0 Å². The second-order valence-corrected chi connectivity index (χ2v) is 6.87. The molecular weight excluding hydrogens is 232 g/mol. The van der Waals surface area contributed by atoms with Gasteiger partial charge in [-0.05, 0) is 31.2 Å². The van der Waals surface area contributed by atoms with E-state index in [1.807, 2.05) is 0 Å². The fourth-order valence-corrected chi connectivity index (χ4v) is 2.89. The van der Waals surface area contributed by atoms with Gasteiger partial charge in [0.15, 0.2) is 0 Å². The molecule has 1 N–H and O–H groups in total. The molecule has 0 aliphatic carbocycles. The number of rotatable bonds is 7. The fourth-order valence-electron chi connectivity index (χ4n) is 2.89. The van der Waals surface area contributed by atoms with E-state index in [-0.39, 0.29) is 0 Å². The van der Waals surface area contributed by atoms with E-state index in [9.17, 15) is 0 Å². The lowest BCUT2D eigenvalue weighted by molar-refractivity contribution is 0.188. The Kier molecular flexibility index (Phi) is 7.09. The SMILES string of the molecule is CCCNCC(CCC)N1CC=C(C(C)(C)C)CC1. The zero-order valence-electron chi connectivity index (χ0n) is 13.8. The molecule has 0 radical (unpaired) electrons. The second-order valence-electron chi connectivity index (χ2n) is 6.87. The van der Waals surface area contributed by atoms with E-state index in [1.165, 1.54) is 32.2 Å². The first-order valence-electron chi connectivity index (χ1n) is 8.13. The van der Waals surface area contributed by atoms with Crippen LogP contribution < -0.4 is 5.32 Å². The van der Waals surface area contributed by atoms with Crippen LogP contribution in [0.3, 0.4) is 0 Å². The molecule has 0 spiro atoms. The molecule has 1 unspecified atom stereocenters. The highest BCUT2D eigenvalue weighted by molar-refractivity contribution is 5.15. The Morgan fingerprint density at radius 1 is 1.26 bits per heavy atom. The molecule has 1 aliphatic heterocycles. The van der Waals surface area contributed by atoms with Gasteiger partial charge in [0.2, 0.25) is 0 Å². The monoisotopic (exact) mass is 266 g/mol. The van der Waals surface area contributed by atoms with E-state index in [0.29, 0.717) is 11.5 Å². The van der Waals surface area contributed by atoms with Gasteiger partial charge in [-0.15, -0.1) is 0 Å². The second kappa shape index (κ2) is 8.06. The minimum absolute atomic E-state index is 0.354. The van der Waals surface area contributed by atoms with Crippen molar-refractivity contribution in [3.8, 4) is 0 Å². The summed E-state index contributed by atoms with van der Waals surface area (Å²) < 4.78 is 0. The minimum atomic E-state index is 0.354. The normalized spacial score (nSPS) is 19.3. The Labute approximate surface area is 120 Å². The predicted molar refractivity (Wildman–Crippen MR) is 85.6 cm³/mol. The van der Waals surface area contributed by atoms with Gasteiger partial charge in [0, 0.05) is 25.7 Å².